The first-order valence-electron chi connectivity index (χ1n) is 9.55. The average Bonchev–Trinajstić information content (AvgIpc) is 3.24. The molecule has 4 rings (SSSR count). The van der Waals surface area contributed by atoms with Crippen molar-refractivity contribution in [3.05, 3.63) is 54.7 Å². The predicted molar refractivity (Wildman–Crippen MR) is 112 cm³/mol. The van der Waals surface area contributed by atoms with Crippen LogP contribution < -0.4 is 11.1 Å². The number of nitrogens with one attached hydrogen (secondary N) is 1. The van der Waals surface area contributed by atoms with Gasteiger partial charge in [-0.05, 0) is 12.1 Å². The molecule has 31 heavy (non-hydrogen) atoms. The van der Waals surface area contributed by atoms with Gasteiger partial charge in [-0.2, -0.15) is 0 Å². The van der Waals surface area contributed by atoms with E-state index in [2.05, 4.69) is 25.3 Å². The van der Waals surface area contributed by atoms with Gasteiger partial charge in [0.1, 0.15) is 23.6 Å². The minimum absolute atomic E-state index is 0.00406. The van der Waals surface area contributed by atoms with E-state index in [-0.39, 0.29) is 24.7 Å². The van der Waals surface area contributed by atoms with Crippen LogP contribution in [0, 0.1) is 0 Å². The number of fused-ring (bicyclic) bond motifs is 2. The number of nitrogens with two attached hydrogens (primary N) is 1. The molecule has 1 aromatic carbocycles. The molecule has 160 valence electrons. The second kappa shape index (κ2) is 9.00. The maximum absolute atomic E-state index is 12.5. The third-order valence-corrected chi connectivity index (χ3v) is 4.73. The third-order valence-electron chi connectivity index (χ3n) is 4.73. The Labute approximate surface area is 176 Å². The first kappa shape index (κ1) is 20.6. The molecular formula is C20H21N7O4. The van der Waals surface area contributed by atoms with Gasteiger partial charge in [-0.25, -0.2) is 19.9 Å². The van der Waals surface area contributed by atoms with Crippen LogP contribution in [0.5, 0.6) is 0 Å². The molecule has 0 bridgehead atoms. The van der Waals surface area contributed by atoms with Crippen LogP contribution in [0.25, 0.3) is 22.1 Å². The van der Waals surface area contributed by atoms with E-state index in [1.54, 1.807) is 6.07 Å². The van der Waals surface area contributed by atoms with Gasteiger partial charge >= 0.3 is 0 Å². The van der Waals surface area contributed by atoms with Crippen molar-refractivity contribution in [2.45, 2.75) is 12.3 Å². The van der Waals surface area contributed by atoms with Crippen molar-refractivity contribution in [1.82, 2.24) is 29.8 Å². The SMILES string of the molecule is Nc1ncnc2c1ncn2[C@@H](CO)O[C@H](CO)CNC(=O)c1ccc2ccccc2n1. The molecule has 5 N–H and O–H groups in total. The van der Waals surface area contributed by atoms with Gasteiger partial charge in [-0.1, -0.05) is 24.3 Å². The summed E-state index contributed by atoms with van der Waals surface area (Å²) in [5.41, 5.74) is 7.50. The van der Waals surface area contributed by atoms with Gasteiger partial charge in [0, 0.05) is 11.9 Å². The number of hydrogen-bond donors (Lipinski definition) is 4. The molecule has 3 aromatic heterocycles. The van der Waals surface area contributed by atoms with E-state index in [4.69, 9.17) is 10.5 Å². The van der Waals surface area contributed by atoms with Crippen molar-refractivity contribution < 1.29 is 19.7 Å². The molecule has 0 saturated heterocycles. The average molecular weight is 423 g/mol. The monoisotopic (exact) mass is 423 g/mol. The molecule has 0 fully saturated rings. The van der Waals surface area contributed by atoms with Gasteiger partial charge in [-0.3, -0.25) is 9.36 Å². The first-order valence-corrected chi connectivity index (χ1v) is 9.55. The summed E-state index contributed by atoms with van der Waals surface area (Å²) in [5.74, 6) is -0.198. The number of rotatable bonds is 8. The first-order chi connectivity index (χ1) is 15.1. The fourth-order valence-electron chi connectivity index (χ4n) is 3.14. The summed E-state index contributed by atoms with van der Waals surface area (Å²) in [4.78, 5) is 29.0. The van der Waals surface area contributed by atoms with Crippen molar-refractivity contribution in [3.8, 4) is 0 Å². The fourth-order valence-corrected chi connectivity index (χ4v) is 3.14. The number of benzene rings is 1. The van der Waals surface area contributed by atoms with Gasteiger partial charge in [0.15, 0.2) is 17.7 Å². The number of aliphatic hydroxyl groups is 2. The Hall–Kier alpha value is -3.67. The minimum Gasteiger partial charge on any atom is -0.394 e. The Morgan fingerprint density at radius 2 is 1.97 bits per heavy atom. The zero-order valence-corrected chi connectivity index (χ0v) is 16.4. The summed E-state index contributed by atoms with van der Waals surface area (Å²) < 4.78 is 7.27. The molecule has 0 spiro atoms. The van der Waals surface area contributed by atoms with Gasteiger partial charge < -0.3 is 26.0 Å². The number of ether oxygens (including phenoxy) is 1. The van der Waals surface area contributed by atoms with Crippen molar-refractivity contribution >= 4 is 33.8 Å². The molecule has 11 nitrogen and oxygen atoms in total. The Bertz CT molecular complexity index is 1210. The standard InChI is InChI=1S/C20H21N7O4/c21-18-17-19(24-10-23-18)27(11-25-17)16(9-29)31-13(8-28)7-22-20(30)15-6-5-12-3-1-2-4-14(12)26-15/h1-6,10-11,13,16,28-29H,7-9H2,(H,22,30)(H2,21,23,24)/t13-,16+/m0/s1. The van der Waals surface area contributed by atoms with Crippen LogP contribution in [0.1, 0.15) is 16.7 Å². The summed E-state index contributed by atoms with van der Waals surface area (Å²) in [5, 5.41) is 23.1. The number of hydrogen-bond acceptors (Lipinski definition) is 9. The van der Waals surface area contributed by atoms with E-state index in [0.717, 1.165) is 5.39 Å². The Balaban J connectivity index is 1.44. The number of nitrogens with zero attached hydrogens (tertiary/aromatic N) is 5. The minimum atomic E-state index is -0.896. The molecule has 1 amide bonds. The largest absolute Gasteiger partial charge is 0.394 e. The van der Waals surface area contributed by atoms with Gasteiger partial charge in [-0.15, -0.1) is 0 Å². The van der Waals surface area contributed by atoms with E-state index in [1.165, 1.54) is 17.2 Å². The molecule has 0 aliphatic heterocycles. The summed E-state index contributed by atoms with van der Waals surface area (Å²) in [7, 11) is 0. The highest BCUT2D eigenvalue weighted by Gasteiger charge is 2.21. The molecule has 2 atom stereocenters. The molecule has 0 unspecified atom stereocenters. The second-order valence-corrected chi connectivity index (χ2v) is 6.76. The van der Waals surface area contributed by atoms with Crippen molar-refractivity contribution in [3.63, 3.8) is 0 Å². The van der Waals surface area contributed by atoms with Crippen molar-refractivity contribution in [2.24, 2.45) is 0 Å². The molecular weight excluding hydrogens is 402 g/mol. The normalized spacial score (nSPS) is 13.4. The van der Waals surface area contributed by atoms with E-state index in [9.17, 15) is 15.0 Å². The third kappa shape index (κ3) is 4.28. The lowest BCUT2D eigenvalue weighted by Crippen LogP contribution is -2.38. The van der Waals surface area contributed by atoms with Crippen LogP contribution in [-0.2, 0) is 4.74 Å². The number of carbonyl (C=O) groups is 1. The highest BCUT2D eigenvalue weighted by Crippen LogP contribution is 2.20. The lowest BCUT2D eigenvalue weighted by Gasteiger charge is -2.23. The number of aromatic nitrogens is 5. The van der Waals surface area contributed by atoms with Crippen LogP contribution >= 0.6 is 0 Å². The molecule has 0 aliphatic carbocycles. The van der Waals surface area contributed by atoms with Gasteiger partial charge in [0.05, 0.1) is 25.1 Å². The lowest BCUT2D eigenvalue weighted by atomic mass is 10.2. The smallest absolute Gasteiger partial charge is 0.269 e. The van der Waals surface area contributed by atoms with E-state index >= 15 is 0 Å². The number of amides is 1. The van der Waals surface area contributed by atoms with Crippen LogP contribution in [0.3, 0.4) is 0 Å². The zero-order valence-electron chi connectivity index (χ0n) is 16.4. The summed E-state index contributed by atoms with van der Waals surface area (Å²) in [6, 6.07) is 10.9. The highest BCUT2D eigenvalue weighted by atomic mass is 16.5. The molecule has 0 aliphatic rings. The number of para-hydroxylation sites is 1. The quantitative estimate of drug-likeness (QED) is 0.311. The van der Waals surface area contributed by atoms with Crippen molar-refractivity contribution in [1.29, 1.82) is 0 Å². The number of pyridine rings is 1. The van der Waals surface area contributed by atoms with E-state index in [0.29, 0.717) is 16.7 Å². The van der Waals surface area contributed by atoms with Gasteiger partial charge in [0.2, 0.25) is 0 Å². The topological polar surface area (TPSA) is 161 Å². The lowest BCUT2D eigenvalue weighted by molar-refractivity contribution is -0.0925. The zero-order chi connectivity index (χ0) is 21.8. The van der Waals surface area contributed by atoms with E-state index in [1.807, 2.05) is 30.3 Å². The highest BCUT2D eigenvalue weighted by molar-refractivity contribution is 5.94. The molecule has 0 radical (unpaired) electrons. The number of aliphatic hydroxyl groups excluding tert-OH is 2. The Kier molecular flexibility index (Phi) is 5.98. The van der Waals surface area contributed by atoms with Crippen LogP contribution in [0.2, 0.25) is 0 Å². The number of anilines is 1. The van der Waals surface area contributed by atoms with Crippen LogP contribution in [-0.4, -0.2) is 66.5 Å². The number of imidazole rings is 1. The van der Waals surface area contributed by atoms with E-state index < -0.39 is 24.8 Å². The summed E-state index contributed by atoms with van der Waals surface area (Å²) >= 11 is 0. The molecule has 11 heteroatoms. The fraction of sp³-hybridized carbons (Fsp3) is 0.250. The molecule has 4 aromatic rings. The number of carbonyl (C=O) groups excluding carboxylic acids is 1. The molecule has 3 heterocycles. The van der Waals surface area contributed by atoms with Crippen LogP contribution in [0.4, 0.5) is 5.82 Å². The van der Waals surface area contributed by atoms with Crippen LogP contribution in [0.15, 0.2) is 49.1 Å². The van der Waals surface area contributed by atoms with Crippen molar-refractivity contribution in [2.75, 3.05) is 25.5 Å². The Morgan fingerprint density at radius 1 is 1.13 bits per heavy atom. The van der Waals surface area contributed by atoms with Gasteiger partial charge in [0.25, 0.3) is 5.91 Å². The molecule has 0 saturated carbocycles. The predicted octanol–water partition coefficient (Wildman–Crippen LogP) is 0.255. The number of nitrogen functional groups attached to an aromatic ring is 1. The summed E-state index contributed by atoms with van der Waals surface area (Å²) in [6.07, 6.45) is 1.01. The maximum atomic E-state index is 12.5. The maximum Gasteiger partial charge on any atom is 0.269 e. The summed E-state index contributed by atoms with van der Waals surface area (Å²) in [6.45, 7) is -0.790. The second-order valence-electron chi connectivity index (χ2n) is 6.76. The Morgan fingerprint density at radius 3 is 2.77 bits per heavy atom.